The molecule has 0 unspecified atom stereocenters. The number of hydrogen-bond donors (Lipinski definition) is 1. The number of hydrogen-bond acceptors (Lipinski definition) is 2. The van der Waals surface area contributed by atoms with Gasteiger partial charge in [0.1, 0.15) is 0 Å². The first kappa shape index (κ1) is 13.0. The van der Waals surface area contributed by atoms with Crippen LogP contribution >= 0.6 is 0 Å². The molecule has 0 atom stereocenters. The van der Waals surface area contributed by atoms with E-state index in [-0.39, 0.29) is 5.60 Å². The number of nitrogen functional groups attached to an aromatic ring is 1. The van der Waals surface area contributed by atoms with Crippen LogP contribution in [0.15, 0.2) is 24.3 Å². The van der Waals surface area contributed by atoms with Crippen molar-refractivity contribution in [2.75, 3.05) is 12.3 Å². The molecule has 0 radical (unpaired) electrons. The Morgan fingerprint density at radius 3 is 2.69 bits per heavy atom. The van der Waals surface area contributed by atoms with Crippen molar-refractivity contribution in [3.63, 3.8) is 0 Å². The van der Waals surface area contributed by atoms with E-state index < -0.39 is 0 Å². The fraction of sp³-hybridized carbons (Fsp3) is 0.571. The maximum Gasteiger partial charge on any atom is 0.0623 e. The maximum atomic E-state index is 5.80. The van der Waals surface area contributed by atoms with Crippen molar-refractivity contribution >= 4 is 5.69 Å². The summed E-state index contributed by atoms with van der Waals surface area (Å²) in [5.41, 5.74) is 7.86. The van der Waals surface area contributed by atoms with E-state index in [2.05, 4.69) is 26.8 Å². The van der Waals surface area contributed by atoms with Gasteiger partial charge in [0.15, 0.2) is 0 Å². The summed E-state index contributed by atoms with van der Waals surface area (Å²) in [6.07, 6.45) is 3.13. The smallest absolute Gasteiger partial charge is 0.0623 e. The summed E-state index contributed by atoms with van der Waals surface area (Å²) in [5.74, 6) is 0. The first-order valence-corrected chi connectivity index (χ1v) is 6.02. The number of benzene rings is 1. The van der Waals surface area contributed by atoms with E-state index in [4.69, 9.17) is 10.5 Å². The van der Waals surface area contributed by atoms with Gasteiger partial charge in [-0.3, -0.25) is 0 Å². The van der Waals surface area contributed by atoms with Crippen LogP contribution in [-0.2, 0) is 11.2 Å². The van der Waals surface area contributed by atoms with E-state index in [0.717, 1.165) is 31.6 Å². The molecule has 1 aromatic carbocycles. The molecule has 0 heterocycles. The summed E-state index contributed by atoms with van der Waals surface area (Å²) >= 11 is 0. The van der Waals surface area contributed by atoms with E-state index >= 15 is 0 Å². The lowest BCUT2D eigenvalue weighted by atomic mass is 10.1. The number of anilines is 1. The van der Waals surface area contributed by atoms with Crippen LogP contribution in [0.4, 0.5) is 5.69 Å². The zero-order valence-electron chi connectivity index (χ0n) is 10.6. The Morgan fingerprint density at radius 2 is 2.06 bits per heavy atom. The average Bonchev–Trinajstić information content (AvgIpc) is 2.25. The highest BCUT2D eigenvalue weighted by atomic mass is 16.5. The topological polar surface area (TPSA) is 35.2 Å². The Bertz CT molecular complexity index is 320. The number of aryl methyl sites for hydroxylation is 1. The van der Waals surface area contributed by atoms with E-state index in [1.807, 2.05) is 18.2 Å². The zero-order valence-corrected chi connectivity index (χ0v) is 10.6. The second-order valence-electron chi connectivity index (χ2n) is 4.81. The van der Waals surface area contributed by atoms with Crippen LogP contribution in [0.25, 0.3) is 0 Å². The molecular weight excluding hydrogens is 198 g/mol. The van der Waals surface area contributed by atoms with Crippen molar-refractivity contribution in [2.24, 2.45) is 0 Å². The first-order chi connectivity index (χ1) is 7.53. The van der Waals surface area contributed by atoms with Gasteiger partial charge in [0.25, 0.3) is 0 Å². The third-order valence-electron chi connectivity index (χ3n) is 2.91. The van der Waals surface area contributed by atoms with Crippen molar-refractivity contribution < 1.29 is 4.74 Å². The van der Waals surface area contributed by atoms with Gasteiger partial charge in [0.05, 0.1) is 5.60 Å². The molecule has 16 heavy (non-hydrogen) atoms. The molecule has 0 aliphatic heterocycles. The second kappa shape index (κ2) is 5.90. The molecule has 0 aliphatic rings. The van der Waals surface area contributed by atoms with Crippen LogP contribution in [0.2, 0.25) is 0 Å². The molecule has 0 amide bonds. The van der Waals surface area contributed by atoms with Crippen LogP contribution in [0.3, 0.4) is 0 Å². The molecular formula is C14H23NO. The number of nitrogens with two attached hydrogens (primary N) is 1. The van der Waals surface area contributed by atoms with E-state index in [1.54, 1.807) is 0 Å². The van der Waals surface area contributed by atoms with Gasteiger partial charge in [-0.05, 0) is 50.8 Å². The number of rotatable bonds is 6. The first-order valence-electron chi connectivity index (χ1n) is 6.02. The summed E-state index contributed by atoms with van der Waals surface area (Å²) in [5, 5.41) is 0. The summed E-state index contributed by atoms with van der Waals surface area (Å²) in [6.45, 7) is 7.23. The third kappa shape index (κ3) is 4.67. The van der Waals surface area contributed by atoms with Gasteiger partial charge in [-0.1, -0.05) is 19.1 Å². The fourth-order valence-corrected chi connectivity index (χ4v) is 1.48. The minimum absolute atomic E-state index is 0.00964. The molecule has 0 fully saturated rings. The van der Waals surface area contributed by atoms with Gasteiger partial charge in [0, 0.05) is 12.3 Å². The van der Waals surface area contributed by atoms with E-state index in [0.29, 0.717) is 0 Å². The summed E-state index contributed by atoms with van der Waals surface area (Å²) < 4.78 is 5.80. The second-order valence-corrected chi connectivity index (χ2v) is 4.81. The molecule has 1 aromatic rings. The highest BCUT2D eigenvalue weighted by Crippen LogP contribution is 2.15. The Morgan fingerprint density at radius 1 is 1.31 bits per heavy atom. The Kier molecular flexibility index (Phi) is 4.81. The lowest BCUT2D eigenvalue weighted by Gasteiger charge is -2.23. The summed E-state index contributed by atoms with van der Waals surface area (Å²) in [4.78, 5) is 0. The van der Waals surface area contributed by atoms with Crippen molar-refractivity contribution in [3.05, 3.63) is 29.8 Å². The standard InChI is InChI=1S/C14H23NO/c1-4-14(2,3)16-10-6-8-12-7-5-9-13(15)11-12/h5,7,9,11H,4,6,8,10,15H2,1-3H3. The summed E-state index contributed by atoms with van der Waals surface area (Å²) in [6, 6.07) is 8.06. The highest BCUT2D eigenvalue weighted by molar-refractivity contribution is 5.40. The third-order valence-corrected chi connectivity index (χ3v) is 2.91. The minimum Gasteiger partial charge on any atom is -0.399 e. The predicted octanol–water partition coefficient (Wildman–Crippen LogP) is 3.41. The Hall–Kier alpha value is -1.02. The van der Waals surface area contributed by atoms with E-state index in [9.17, 15) is 0 Å². The predicted molar refractivity (Wildman–Crippen MR) is 69.5 cm³/mol. The van der Waals surface area contributed by atoms with Crippen LogP contribution in [-0.4, -0.2) is 12.2 Å². The molecule has 2 nitrogen and oxygen atoms in total. The van der Waals surface area contributed by atoms with Gasteiger partial charge in [-0.2, -0.15) is 0 Å². The van der Waals surface area contributed by atoms with Crippen molar-refractivity contribution in [2.45, 2.75) is 45.6 Å². The van der Waals surface area contributed by atoms with Crippen LogP contribution in [0.1, 0.15) is 39.2 Å². The number of ether oxygens (including phenoxy) is 1. The molecule has 0 bridgehead atoms. The van der Waals surface area contributed by atoms with Crippen molar-refractivity contribution in [1.82, 2.24) is 0 Å². The quantitative estimate of drug-likeness (QED) is 0.590. The SMILES string of the molecule is CCC(C)(C)OCCCc1cccc(N)c1. The lowest BCUT2D eigenvalue weighted by Crippen LogP contribution is -2.23. The largest absolute Gasteiger partial charge is 0.399 e. The van der Waals surface area contributed by atoms with Crippen molar-refractivity contribution in [1.29, 1.82) is 0 Å². The van der Waals surface area contributed by atoms with E-state index in [1.165, 1.54) is 5.56 Å². The van der Waals surface area contributed by atoms with Crippen LogP contribution in [0.5, 0.6) is 0 Å². The van der Waals surface area contributed by atoms with Gasteiger partial charge in [-0.15, -0.1) is 0 Å². The average molecular weight is 221 g/mol. The Labute approximate surface area is 98.8 Å². The molecule has 2 heteroatoms. The van der Waals surface area contributed by atoms with Gasteiger partial charge >= 0.3 is 0 Å². The molecule has 0 saturated heterocycles. The molecule has 1 rings (SSSR count). The summed E-state index contributed by atoms with van der Waals surface area (Å²) in [7, 11) is 0. The zero-order chi connectivity index (χ0) is 12.0. The lowest BCUT2D eigenvalue weighted by molar-refractivity contribution is -0.0208. The maximum absolute atomic E-state index is 5.80. The Balaban J connectivity index is 2.26. The normalized spacial score (nSPS) is 11.7. The van der Waals surface area contributed by atoms with Gasteiger partial charge in [-0.25, -0.2) is 0 Å². The van der Waals surface area contributed by atoms with Crippen molar-refractivity contribution in [3.8, 4) is 0 Å². The molecule has 90 valence electrons. The highest BCUT2D eigenvalue weighted by Gasteiger charge is 2.14. The molecule has 0 aliphatic carbocycles. The molecule has 2 N–H and O–H groups in total. The monoisotopic (exact) mass is 221 g/mol. The fourth-order valence-electron chi connectivity index (χ4n) is 1.48. The minimum atomic E-state index is 0.00964. The van der Waals surface area contributed by atoms with Gasteiger partial charge in [0.2, 0.25) is 0 Å². The molecule has 0 aromatic heterocycles. The molecule has 0 saturated carbocycles. The van der Waals surface area contributed by atoms with Gasteiger partial charge < -0.3 is 10.5 Å². The van der Waals surface area contributed by atoms with Crippen LogP contribution < -0.4 is 5.73 Å². The van der Waals surface area contributed by atoms with Crippen LogP contribution in [0, 0.1) is 0 Å². The molecule has 0 spiro atoms.